The van der Waals surface area contributed by atoms with Crippen LogP contribution in [0, 0.1) is 0 Å². The van der Waals surface area contributed by atoms with Gasteiger partial charge in [0.25, 0.3) is 0 Å². The maximum absolute atomic E-state index is 11.8. The van der Waals surface area contributed by atoms with Crippen LogP contribution in [-0.2, 0) is 4.79 Å². The molecule has 3 aromatic heterocycles. The minimum atomic E-state index is -0.920. The summed E-state index contributed by atoms with van der Waals surface area (Å²) in [6, 6.07) is 27.3. The smallest absolute Gasteiger partial charge is 0.307 e. The molecule has 0 unspecified atom stereocenters. The highest BCUT2D eigenvalue weighted by atomic mass is 32.1. The van der Waals surface area contributed by atoms with Crippen LogP contribution in [0.5, 0.6) is 0 Å². The fraction of sp³-hybridized carbons (Fsp3) is 0.0357. The van der Waals surface area contributed by atoms with Gasteiger partial charge in [-0.05, 0) is 48.0 Å². The molecule has 6 rings (SSSR count). The van der Waals surface area contributed by atoms with E-state index in [1.54, 1.807) is 4.68 Å². The molecule has 0 aliphatic carbocycles. The van der Waals surface area contributed by atoms with E-state index < -0.39 is 5.97 Å². The van der Waals surface area contributed by atoms with Crippen LogP contribution in [-0.4, -0.2) is 25.8 Å². The van der Waals surface area contributed by atoms with Gasteiger partial charge in [-0.25, -0.2) is 9.67 Å². The number of nitrogens with zero attached hydrogens (tertiary/aromatic N) is 3. The van der Waals surface area contributed by atoms with Crippen molar-refractivity contribution in [2.75, 3.05) is 0 Å². The number of carbonyl (C=O) groups is 1. The first-order valence-electron chi connectivity index (χ1n) is 11.1. The van der Waals surface area contributed by atoms with Crippen molar-refractivity contribution in [1.29, 1.82) is 0 Å². The zero-order valence-electron chi connectivity index (χ0n) is 18.5. The van der Waals surface area contributed by atoms with Crippen molar-refractivity contribution in [2.24, 2.45) is 0 Å². The molecule has 3 heterocycles. The highest BCUT2D eigenvalue weighted by Crippen LogP contribution is 2.34. The van der Waals surface area contributed by atoms with Gasteiger partial charge in [-0.1, -0.05) is 48.5 Å². The van der Waals surface area contributed by atoms with Crippen LogP contribution >= 0.6 is 11.3 Å². The molecule has 3 aromatic carbocycles. The van der Waals surface area contributed by atoms with Crippen LogP contribution in [0.4, 0.5) is 0 Å². The molecule has 0 amide bonds. The molecule has 170 valence electrons. The van der Waals surface area contributed by atoms with Gasteiger partial charge in [-0.2, -0.15) is 5.10 Å². The van der Waals surface area contributed by atoms with Crippen LogP contribution in [0.1, 0.15) is 17.0 Å². The van der Waals surface area contributed by atoms with E-state index in [4.69, 9.17) is 14.5 Å². The predicted molar refractivity (Wildman–Crippen MR) is 139 cm³/mol. The maximum Gasteiger partial charge on any atom is 0.307 e. The molecule has 35 heavy (non-hydrogen) atoms. The number of carboxylic acids is 1. The molecule has 6 aromatic rings. The van der Waals surface area contributed by atoms with E-state index in [2.05, 4.69) is 0 Å². The Kier molecular flexibility index (Phi) is 5.24. The van der Waals surface area contributed by atoms with Gasteiger partial charge in [0.2, 0.25) is 0 Å². The molecule has 0 atom stereocenters. The molecule has 7 heteroatoms. The first-order valence-corrected chi connectivity index (χ1v) is 11.9. The average Bonchev–Trinajstić information content (AvgIpc) is 3.60. The van der Waals surface area contributed by atoms with Crippen LogP contribution < -0.4 is 0 Å². The fourth-order valence-corrected chi connectivity index (χ4v) is 5.02. The van der Waals surface area contributed by atoms with Crippen LogP contribution in [0.2, 0.25) is 0 Å². The van der Waals surface area contributed by atoms with Gasteiger partial charge in [0, 0.05) is 17.1 Å². The van der Waals surface area contributed by atoms with Gasteiger partial charge in [0.1, 0.15) is 16.3 Å². The van der Waals surface area contributed by atoms with Gasteiger partial charge in [0.15, 0.2) is 5.76 Å². The molecule has 0 fully saturated rings. The predicted octanol–water partition coefficient (Wildman–Crippen LogP) is 6.91. The number of carboxylic acid groups (broad SMARTS) is 1. The highest BCUT2D eigenvalue weighted by molar-refractivity contribution is 7.19. The number of fused-ring (bicyclic) bond motifs is 2. The summed E-state index contributed by atoms with van der Waals surface area (Å²) in [5, 5.41) is 16.1. The number of furan rings is 1. The number of hydrogen-bond acceptors (Lipinski definition) is 5. The summed E-state index contributed by atoms with van der Waals surface area (Å²) in [5.74, 6) is -0.303. The molecule has 1 N–H and O–H groups in total. The highest BCUT2D eigenvalue weighted by Gasteiger charge is 2.19. The summed E-state index contributed by atoms with van der Waals surface area (Å²) in [5.41, 5.74) is 4.51. The van der Waals surface area contributed by atoms with Crippen molar-refractivity contribution in [2.45, 2.75) is 6.42 Å². The Morgan fingerprint density at radius 1 is 1.00 bits per heavy atom. The number of hydrogen-bond donors (Lipinski definition) is 1. The number of benzene rings is 3. The Balaban J connectivity index is 1.54. The van der Waals surface area contributed by atoms with Gasteiger partial charge in [-0.3, -0.25) is 4.79 Å². The zero-order valence-corrected chi connectivity index (χ0v) is 19.3. The second-order valence-corrected chi connectivity index (χ2v) is 9.12. The number of aliphatic carboxylic acids is 1. The first kappa shape index (κ1) is 21.1. The Labute approximate surface area is 204 Å². The van der Waals surface area contributed by atoms with Crippen molar-refractivity contribution in [1.82, 2.24) is 14.8 Å². The largest absolute Gasteiger partial charge is 0.481 e. The van der Waals surface area contributed by atoms with E-state index >= 15 is 0 Å². The molecule has 0 saturated heterocycles. The average molecular weight is 478 g/mol. The lowest BCUT2D eigenvalue weighted by Gasteiger charge is -2.01. The van der Waals surface area contributed by atoms with Crippen molar-refractivity contribution in [3.63, 3.8) is 0 Å². The number of thiazole rings is 1. The van der Waals surface area contributed by atoms with Crippen LogP contribution in [0.3, 0.4) is 0 Å². The van der Waals surface area contributed by atoms with Gasteiger partial charge in [-0.15, -0.1) is 11.3 Å². The van der Waals surface area contributed by atoms with E-state index in [0.29, 0.717) is 22.0 Å². The third kappa shape index (κ3) is 4.13. The standard InChI is InChI=1S/C28H19N3O3S/c32-26(33)16-19(28-29-22-11-5-7-13-25(22)35-28)14-20-17-31(21-9-2-1-3-10-21)30-27(20)24-15-18-8-4-6-12-23(18)34-24/h1-15,17H,16H2,(H,32,33)/b19-14+. The Hall–Kier alpha value is -4.49. The third-order valence-corrected chi connectivity index (χ3v) is 6.77. The molecule has 0 saturated carbocycles. The summed E-state index contributed by atoms with van der Waals surface area (Å²) >= 11 is 1.48. The topological polar surface area (TPSA) is 81.1 Å². The Bertz CT molecular complexity index is 1640. The van der Waals surface area contributed by atoms with Crippen molar-refractivity contribution < 1.29 is 14.3 Å². The van der Waals surface area contributed by atoms with E-state index in [1.165, 1.54) is 11.3 Å². The Morgan fingerprint density at radius 3 is 2.57 bits per heavy atom. The molecule has 0 radical (unpaired) electrons. The quantitative estimate of drug-likeness (QED) is 0.282. The van der Waals surface area contributed by atoms with E-state index in [-0.39, 0.29) is 6.42 Å². The molecule has 6 nitrogen and oxygen atoms in total. The second kappa shape index (κ2) is 8.70. The minimum absolute atomic E-state index is 0.157. The van der Waals surface area contributed by atoms with Crippen molar-refractivity contribution in [3.8, 4) is 17.1 Å². The molecular weight excluding hydrogens is 458 g/mol. The van der Waals surface area contributed by atoms with Crippen molar-refractivity contribution in [3.05, 3.63) is 102 Å². The second-order valence-electron chi connectivity index (χ2n) is 8.09. The lowest BCUT2D eigenvalue weighted by Crippen LogP contribution is -1.97. The molecule has 0 bridgehead atoms. The zero-order chi connectivity index (χ0) is 23.8. The van der Waals surface area contributed by atoms with Gasteiger partial charge < -0.3 is 9.52 Å². The molecular formula is C28H19N3O3S. The Morgan fingerprint density at radius 2 is 1.77 bits per heavy atom. The van der Waals surface area contributed by atoms with Crippen LogP contribution in [0.25, 0.3) is 50.0 Å². The lowest BCUT2D eigenvalue weighted by atomic mass is 10.1. The van der Waals surface area contributed by atoms with Crippen molar-refractivity contribution >= 4 is 50.1 Å². The summed E-state index contributed by atoms with van der Waals surface area (Å²) in [7, 11) is 0. The van der Waals surface area contributed by atoms with Gasteiger partial charge >= 0.3 is 5.97 Å². The molecule has 0 aliphatic heterocycles. The summed E-state index contributed by atoms with van der Waals surface area (Å²) < 4.78 is 8.92. The third-order valence-electron chi connectivity index (χ3n) is 5.66. The summed E-state index contributed by atoms with van der Waals surface area (Å²) in [6.07, 6.45) is 3.60. The summed E-state index contributed by atoms with van der Waals surface area (Å²) in [6.45, 7) is 0. The monoisotopic (exact) mass is 477 g/mol. The SMILES string of the molecule is O=C(O)C/C(=C\c1cn(-c2ccccc2)nc1-c1cc2ccccc2o1)c1nc2ccccc2s1. The number of para-hydroxylation sites is 3. The van der Waals surface area contributed by atoms with E-state index in [0.717, 1.165) is 32.4 Å². The molecule has 0 aliphatic rings. The van der Waals surface area contributed by atoms with Crippen LogP contribution in [0.15, 0.2) is 95.5 Å². The maximum atomic E-state index is 11.8. The van der Waals surface area contributed by atoms with Gasteiger partial charge in [0.05, 0.1) is 22.3 Å². The van der Waals surface area contributed by atoms with E-state index in [9.17, 15) is 9.90 Å². The normalized spacial score (nSPS) is 11.9. The minimum Gasteiger partial charge on any atom is -0.481 e. The number of aromatic nitrogens is 3. The van der Waals surface area contributed by atoms with E-state index in [1.807, 2.05) is 97.2 Å². The summed E-state index contributed by atoms with van der Waals surface area (Å²) in [4.78, 5) is 16.5. The first-order chi connectivity index (χ1) is 17.1. The molecule has 0 spiro atoms. The lowest BCUT2D eigenvalue weighted by molar-refractivity contribution is -0.135. The number of rotatable bonds is 6. The fourth-order valence-electron chi connectivity index (χ4n) is 4.04.